The van der Waals surface area contributed by atoms with Gasteiger partial charge in [-0.1, -0.05) is 19.1 Å². The van der Waals surface area contributed by atoms with Crippen molar-refractivity contribution < 1.29 is 0 Å². The maximum atomic E-state index is 5.80. The molecule has 1 aromatic rings. The zero-order valence-electron chi connectivity index (χ0n) is 9.65. The number of rotatable bonds is 5. The second kappa shape index (κ2) is 5.57. The molecule has 2 rings (SSSR count). The van der Waals surface area contributed by atoms with Crippen molar-refractivity contribution in [2.24, 2.45) is 11.7 Å². The van der Waals surface area contributed by atoms with Gasteiger partial charge in [-0.3, -0.25) is 0 Å². The first-order valence-electron chi connectivity index (χ1n) is 5.86. The first kappa shape index (κ1) is 11.8. The molecule has 0 spiro atoms. The molecule has 2 unspecified atom stereocenters. The van der Waals surface area contributed by atoms with Crippen molar-refractivity contribution in [2.45, 2.75) is 32.4 Å². The molecular weight excluding hydrogens is 218 g/mol. The maximum absolute atomic E-state index is 5.80. The number of nitrogens with two attached hydrogens (primary N) is 1. The van der Waals surface area contributed by atoms with E-state index in [2.05, 4.69) is 29.4 Å². The van der Waals surface area contributed by atoms with Crippen LogP contribution in [0.15, 0.2) is 18.3 Å². The van der Waals surface area contributed by atoms with Gasteiger partial charge in [-0.2, -0.15) is 0 Å². The molecule has 1 aliphatic carbocycles. The number of nitrogens with zero attached hydrogens (tertiary/aromatic N) is 1. The van der Waals surface area contributed by atoms with Gasteiger partial charge in [-0.25, -0.2) is 4.98 Å². The van der Waals surface area contributed by atoms with Gasteiger partial charge >= 0.3 is 0 Å². The smallest absolute Gasteiger partial charge is 0.107 e. The van der Waals surface area contributed by atoms with Crippen molar-refractivity contribution in [1.82, 2.24) is 10.3 Å². The Kier molecular flexibility index (Phi) is 4.09. The quantitative estimate of drug-likeness (QED) is 0.766. The summed E-state index contributed by atoms with van der Waals surface area (Å²) in [5.74, 6) is 0.598. The van der Waals surface area contributed by atoms with Gasteiger partial charge in [0.05, 0.1) is 0 Å². The maximum Gasteiger partial charge on any atom is 0.107 e. The number of nitrogens with one attached hydrogen (secondary N) is 1. The second-order valence-corrected chi connectivity index (χ2v) is 5.45. The lowest BCUT2D eigenvalue weighted by Gasteiger charge is -2.09. The van der Waals surface area contributed by atoms with Crippen LogP contribution < -0.4 is 11.1 Å². The van der Waals surface area contributed by atoms with Crippen LogP contribution in [0.1, 0.15) is 23.2 Å². The Balaban J connectivity index is 1.70. The Morgan fingerprint density at radius 2 is 2.44 bits per heavy atom. The SMILES string of the molecule is CCc1cnc(CNCC2C=CC(N)C2)s1. The summed E-state index contributed by atoms with van der Waals surface area (Å²) in [4.78, 5) is 5.74. The first-order chi connectivity index (χ1) is 7.78. The average Bonchev–Trinajstić information content (AvgIpc) is 2.88. The first-order valence-corrected chi connectivity index (χ1v) is 6.67. The topological polar surface area (TPSA) is 50.9 Å². The molecule has 0 bridgehead atoms. The summed E-state index contributed by atoms with van der Waals surface area (Å²) in [6, 6.07) is 0.262. The highest BCUT2D eigenvalue weighted by atomic mass is 32.1. The van der Waals surface area contributed by atoms with Gasteiger partial charge < -0.3 is 11.1 Å². The average molecular weight is 237 g/mol. The number of aryl methyl sites for hydroxylation is 1. The van der Waals surface area contributed by atoms with E-state index in [4.69, 9.17) is 5.73 Å². The van der Waals surface area contributed by atoms with Crippen LogP contribution in [-0.4, -0.2) is 17.6 Å². The lowest BCUT2D eigenvalue weighted by Crippen LogP contribution is -2.23. The van der Waals surface area contributed by atoms with Crippen LogP contribution in [0.4, 0.5) is 0 Å². The highest BCUT2D eigenvalue weighted by molar-refractivity contribution is 7.11. The van der Waals surface area contributed by atoms with E-state index < -0.39 is 0 Å². The standard InChI is InChI=1S/C12H19N3S/c1-2-11-7-15-12(16-11)8-14-6-9-3-4-10(13)5-9/h3-4,7,9-10,14H,2,5-6,8,13H2,1H3. The number of hydrogen-bond donors (Lipinski definition) is 2. The predicted octanol–water partition coefficient (Wildman–Crippen LogP) is 1.70. The Bertz CT molecular complexity index is 359. The minimum absolute atomic E-state index is 0.262. The van der Waals surface area contributed by atoms with E-state index in [1.54, 1.807) is 11.3 Å². The summed E-state index contributed by atoms with van der Waals surface area (Å²) in [7, 11) is 0. The molecule has 0 amide bonds. The molecule has 4 heteroatoms. The molecule has 1 aliphatic rings. The molecule has 88 valence electrons. The van der Waals surface area contributed by atoms with Crippen molar-refractivity contribution in [3.05, 3.63) is 28.2 Å². The van der Waals surface area contributed by atoms with Gasteiger partial charge in [0, 0.05) is 30.2 Å². The van der Waals surface area contributed by atoms with Gasteiger partial charge in [-0.05, 0) is 18.8 Å². The lowest BCUT2D eigenvalue weighted by molar-refractivity contribution is 0.527. The van der Waals surface area contributed by atoms with Gasteiger partial charge in [0.1, 0.15) is 5.01 Å². The minimum Gasteiger partial charge on any atom is -0.324 e. The van der Waals surface area contributed by atoms with Crippen molar-refractivity contribution in [3.63, 3.8) is 0 Å². The van der Waals surface area contributed by atoms with Gasteiger partial charge in [0.15, 0.2) is 0 Å². The van der Waals surface area contributed by atoms with E-state index in [1.165, 1.54) is 9.88 Å². The van der Waals surface area contributed by atoms with E-state index in [-0.39, 0.29) is 6.04 Å². The van der Waals surface area contributed by atoms with E-state index in [0.717, 1.165) is 25.9 Å². The van der Waals surface area contributed by atoms with Crippen LogP contribution in [0, 0.1) is 5.92 Å². The van der Waals surface area contributed by atoms with Crippen molar-refractivity contribution in [1.29, 1.82) is 0 Å². The number of thiazole rings is 1. The fourth-order valence-electron chi connectivity index (χ4n) is 1.92. The van der Waals surface area contributed by atoms with Crippen LogP contribution >= 0.6 is 11.3 Å². The van der Waals surface area contributed by atoms with Crippen molar-refractivity contribution >= 4 is 11.3 Å². The normalized spacial score (nSPS) is 24.1. The van der Waals surface area contributed by atoms with Gasteiger partial charge in [0.2, 0.25) is 0 Å². The monoisotopic (exact) mass is 237 g/mol. The van der Waals surface area contributed by atoms with E-state index in [9.17, 15) is 0 Å². The molecule has 3 nitrogen and oxygen atoms in total. The zero-order chi connectivity index (χ0) is 11.4. The van der Waals surface area contributed by atoms with Crippen LogP contribution in [0.25, 0.3) is 0 Å². The summed E-state index contributed by atoms with van der Waals surface area (Å²) in [6.07, 6.45) is 8.46. The largest absolute Gasteiger partial charge is 0.324 e. The molecule has 2 atom stereocenters. The summed E-state index contributed by atoms with van der Waals surface area (Å²) < 4.78 is 0. The van der Waals surface area contributed by atoms with Crippen molar-refractivity contribution in [2.75, 3.05) is 6.54 Å². The summed E-state index contributed by atoms with van der Waals surface area (Å²) in [5, 5.41) is 4.63. The fourth-order valence-corrected chi connectivity index (χ4v) is 2.75. The van der Waals surface area contributed by atoms with Gasteiger partial charge in [0.25, 0.3) is 0 Å². The third-order valence-electron chi connectivity index (χ3n) is 2.84. The number of hydrogen-bond acceptors (Lipinski definition) is 4. The number of aromatic nitrogens is 1. The highest BCUT2D eigenvalue weighted by Crippen LogP contribution is 2.16. The molecule has 16 heavy (non-hydrogen) atoms. The molecule has 0 radical (unpaired) electrons. The van der Waals surface area contributed by atoms with Crippen LogP contribution in [0.3, 0.4) is 0 Å². The third kappa shape index (κ3) is 3.14. The zero-order valence-corrected chi connectivity index (χ0v) is 10.5. The van der Waals surface area contributed by atoms with E-state index in [0.29, 0.717) is 5.92 Å². The molecule has 3 N–H and O–H groups in total. The molecular formula is C12H19N3S. The van der Waals surface area contributed by atoms with E-state index >= 15 is 0 Å². The molecule has 0 saturated carbocycles. The minimum atomic E-state index is 0.262. The lowest BCUT2D eigenvalue weighted by atomic mass is 10.1. The Morgan fingerprint density at radius 1 is 1.56 bits per heavy atom. The summed E-state index contributed by atoms with van der Waals surface area (Å²) in [6.45, 7) is 4.05. The Morgan fingerprint density at radius 3 is 3.06 bits per heavy atom. The molecule has 0 saturated heterocycles. The molecule has 1 heterocycles. The third-order valence-corrected chi connectivity index (χ3v) is 3.98. The fraction of sp³-hybridized carbons (Fsp3) is 0.583. The van der Waals surface area contributed by atoms with Crippen LogP contribution in [0.5, 0.6) is 0 Å². The Labute approximate surface area is 101 Å². The summed E-state index contributed by atoms with van der Waals surface area (Å²) in [5.41, 5.74) is 5.80. The molecule has 1 aromatic heterocycles. The van der Waals surface area contributed by atoms with Gasteiger partial charge in [-0.15, -0.1) is 11.3 Å². The van der Waals surface area contributed by atoms with Crippen molar-refractivity contribution in [3.8, 4) is 0 Å². The highest BCUT2D eigenvalue weighted by Gasteiger charge is 2.14. The Hall–Kier alpha value is -0.710. The molecule has 0 fully saturated rings. The van der Waals surface area contributed by atoms with Crippen LogP contribution in [-0.2, 0) is 13.0 Å². The second-order valence-electron chi connectivity index (χ2n) is 4.25. The van der Waals surface area contributed by atoms with Crippen LogP contribution in [0.2, 0.25) is 0 Å². The van der Waals surface area contributed by atoms with E-state index in [1.807, 2.05) is 6.20 Å². The predicted molar refractivity (Wildman–Crippen MR) is 68.4 cm³/mol. The molecule has 0 aliphatic heterocycles. The molecule has 0 aromatic carbocycles. The summed E-state index contributed by atoms with van der Waals surface area (Å²) >= 11 is 1.80.